The van der Waals surface area contributed by atoms with Crippen molar-refractivity contribution in [1.29, 1.82) is 5.41 Å². The van der Waals surface area contributed by atoms with Crippen LogP contribution in [0.2, 0.25) is 0 Å². The summed E-state index contributed by atoms with van der Waals surface area (Å²) in [5, 5.41) is 37.1. The SMILES string of the molecule is CN1CC=NC1c1cc(N(C)C2CCC(C(=O)O)CC2C(=O)O)ccc1Oc1c(F)cnc(Oc2cc(C(=N)N)ccc2O)c1F. The average molecular weight is 639 g/mol. The van der Waals surface area contributed by atoms with Crippen molar-refractivity contribution in [1.82, 2.24) is 9.88 Å². The lowest BCUT2D eigenvalue weighted by Crippen LogP contribution is -2.46. The summed E-state index contributed by atoms with van der Waals surface area (Å²) in [6.07, 6.45) is 2.42. The quantitative estimate of drug-likeness (QED) is 0.157. The molecule has 3 aromatic rings. The molecule has 0 spiro atoms. The molecule has 2 heterocycles. The highest BCUT2D eigenvalue weighted by molar-refractivity contribution is 5.95. The maximum atomic E-state index is 15.7. The van der Waals surface area contributed by atoms with Crippen molar-refractivity contribution in [2.24, 2.45) is 22.6 Å². The lowest BCUT2D eigenvalue weighted by atomic mass is 9.77. The number of phenols is 1. The van der Waals surface area contributed by atoms with Gasteiger partial charge in [-0.05, 0) is 62.7 Å². The van der Waals surface area contributed by atoms with E-state index in [-0.39, 0.29) is 29.3 Å². The fourth-order valence-corrected chi connectivity index (χ4v) is 5.73. The van der Waals surface area contributed by atoms with Gasteiger partial charge in [0.2, 0.25) is 11.6 Å². The zero-order valence-corrected chi connectivity index (χ0v) is 24.9. The molecule has 46 heavy (non-hydrogen) atoms. The molecule has 0 amide bonds. The normalized spacial score (nSPS) is 21.1. The van der Waals surface area contributed by atoms with Gasteiger partial charge < -0.3 is 35.4 Å². The van der Waals surface area contributed by atoms with Crippen LogP contribution >= 0.6 is 0 Å². The Hall–Kier alpha value is -5.31. The van der Waals surface area contributed by atoms with E-state index in [1.54, 1.807) is 37.3 Å². The second-order valence-corrected chi connectivity index (χ2v) is 11.2. The highest BCUT2D eigenvalue weighted by atomic mass is 19.1. The number of aromatic nitrogens is 1. The number of nitrogens with one attached hydrogen (secondary N) is 1. The van der Waals surface area contributed by atoms with Gasteiger partial charge in [-0.2, -0.15) is 4.39 Å². The van der Waals surface area contributed by atoms with E-state index in [4.69, 9.17) is 20.6 Å². The topological polar surface area (TPSA) is 195 Å². The van der Waals surface area contributed by atoms with Gasteiger partial charge in [0.15, 0.2) is 17.3 Å². The number of phenolic OH excluding ortho intramolecular Hbond substituents is 1. The van der Waals surface area contributed by atoms with Crippen LogP contribution in [0.4, 0.5) is 14.5 Å². The van der Waals surface area contributed by atoms with E-state index < -0.39 is 65.0 Å². The summed E-state index contributed by atoms with van der Waals surface area (Å²) >= 11 is 0. The standard InChI is InChI=1S/C31H32F2N6O7/c1-38-10-9-36-28(38)19-13-17(39(2)21-6-3-16(30(41)42)11-18(21)31(43)44)5-8-23(19)45-26-20(32)14-37-29(25(26)33)46-24-12-15(27(34)35)4-7-22(24)40/h4-5,7-9,12-14,16,18,21,28,40H,3,6,10-11H2,1-2H3,(H3,34,35)(H,41,42)(H,43,44). The van der Waals surface area contributed by atoms with Crippen molar-refractivity contribution in [3.63, 3.8) is 0 Å². The summed E-state index contributed by atoms with van der Waals surface area (Å²) in [5.41, 5.74) is 6.68. The monoisotopic (exact) mass is 638 g/mol. The molecule has 1 fully saturated rings. The smallest absolute Gasteiger partial charge is 0.308 e. The number of benzene rings is 2. The third-order valence-electron chi connectivity index (χ3n) is 8.28. The second kappa shape index (κ2) is 13.0. The lowest BCUT2D eigenvalue weighted by Gasteiger charge is -2.39. The fraction of sp³-hybridized carbons (Fsp3) is 0.323. The van der Waals surface area contributed by atoms with Crippen LogP contribution in [0.1, 0.15) is 36.6 Å². The first-order valence-electron chi connectivity index (χ1n) is 14.3. The average Bonchev–Trinajstić information content (AvgIpc) is 3.46. The van der Waals surface area contributed by atoms with Crippen molar-refractivity contribution < 1.29 is 43.2 Å². The predicted molar refractivity (Wildman–Crippen MR) is 162 cm³/mol. The maximum Gasteiger partial charge on any atom is 0.308 e. The molecule has 1 aliphatic carbocycles. The Bertz CT molecular complexity index is 1720. The van der Waals surface area contributed by atoms with E-state index in [1.807, 2.05) is 4.90 Å². The van der Waals surface area contributed by atoms with E-state index in [0.717, 1.165) is 0 Å². The number of carbonyl (C=O) groups is 2. The Morgan fingerprint density at radius 3 is 2.50 bits per heavy atom. The van der Waals surface area contributed by atoms with E-state index in [9.17, 15) is 24.9 Å². The number of anilines is 1. The summed E-state index contributed by atoms with van der Waals surface area (Å²) in [6, 6.07) is 8.05. The van der Waals surface area contributed by atoms with E-state index in [2.05, 4.69) is 9.98 Å². The molecule has 15 heteroatoms. The molecule has 0 bridgehead atoms. The number of aliphatic imine (C=N–C) groups is 1. The highest BCUT2D eigenvalue weighted by Gasteiger charge is 2.40. The number of nitrogens with two attached hydrogens (primary N) is 1. The molecule has 1 saturated carbocycles. The first-order valence-corrected chi connectivity index (χ1v) is 14.3. The van der Waals surface area contributed by atoms with Crippen LogP contribution in [0.15, 0.2) is 47.6 Å². The molecule has 2 aromatic carbocycles. The van der Waals surface area contributed by atoms with Gasteiger partial charge in [-0.15, -0.1) is 0 Å². The van der Waals surface area contributed by atoms with Gasteiger partial charge in [-0.3, -0.25) is 24.9 Å². The molecule has 0 saturated heterocycles. The Labute approximate surface area is 262 Å². The molecule has 4 atom stereocenters. The number of amidine groups is 1. The van der Waals surface area contributed by atoms with Gasteiger partial charge in [-0.25, -0.2) is 9.37 Å². The molecule has 6 N–H and O–H groups in total. The Morgan fingerprint density at radius 2 is 1.85 bits per heavy atom. The number of nitrogens with zero attached hydrogens (tertiary/aromatic N) is 4. The summed E-state index contributed by atoms with van der Waals surface area (Å²) < 4.78 is 42.0. The van der Waals surface area contributed by atoms with E-state index in [0.29, 0.717) is 36.8 Å². The van der Waals surface area contributed by atoms with E-state index in [1.165, 1.54) is 24.3 Å². The first-order chi connectivity index (χ1) is 21.8. The Kier molecular flexibility index (Phi) is 9.05. The van der Waals surface area contributed by atoms with Crippen LogP contribution in [0.3, 0.4) is 0 Å². The molecule has 0 radical (unpaired) electrons. The largest absolute Gasteiger partial charge is 0.504 e. The number of aliphatic carboxylic acids is 2. The Morgan fingerprint density at radius 1 is 1.09 bits per heavy atom. The minimum absolute atomic E-state index is 0.00873. The number of pyridine rings is 1. The van der Waals surface area contributed by atoms with Crippen molar-refractivity contribution in [3.05, 3.63) is 65.4 Å². The molecule has 13 nitrogen and oxygen atoms in total. The van der Waals surface area contributed by atoms with Crippen molar-refractivity contribution >= 4 is 29.7 Å². The molecule has 242 valence electrons. The van der Waals surface area contributed by atoms with Crippen LogP contribution in [0.25, 0.3) is 0 Å². The van der Waals surface area contributed by atoms with Gasteiger partial charge in [0.1, 0.15) is 17.8 Å². The summed E-state index contributed by atoms with van der Waals surface area (Å²) in [4.78, 5) is 35.5. The number of rotatable bonds is 10. The predicted octanol–water partition coefficient (Wildman–Crippen LogP) is 4.34. The molecule has 5 rings (SSSR count). The maximum absolute atomic E-state index is 15.7. The van der Waals surface area contributed by atoms with Crippen LogP contribution in [0, 0.1) is 28.9 Å². The zero-order valence-electron chi connectivity index (χ0n) is 24.9. The highest BCUT2D eigenvalue weighted by Crippen LogP contribution is 2.42. The van der Waals surface area contributed by atoms with Gasteiger partial charge in [0.25, 0.3) is 5.88 Å². The van der Waals surface area contributed by atoms with E-state index >= 15 is 8.78 Å². The molecule has 1 aliphatic heterocycles. The third kappa shape index (κ3) is 6.40. The molecular weight excluding hydrogens is 606 g/mol. The summed E-state index contributed by atoms with van der Waals surface area (Å²) in [5.74, 6) is -8.73. The Balaban J connectivity index is 1.49. The van der Waals surface area contributed by atoms with Crippen LogP contribution < -0.4 is 20.1 Å². The fourth-order valence-electron chi connectivity index (χ4n) is 5.73. The summed E-state index contributed by atoms with van der Waals surface area (Å²) in [6.45, 7) is 0.489. The first kappa shape index (κ1) is 32.1. The zero-order chi connectivity index (χ0) is 33.3. The van der Waals surface area contributed by atoms with Crippen LogP contribution in [-0.2, 0) is 9.59 Å². The number of hydrogen-bond donors (Lipinski definition) is 5. The number of aromatic hydroxyl groups is 1. The number of carboxylic acid groups (broad SMARTS) is 2. The second-order valence-electron chi connectivity index (χ2n) is 11.2. The molecular formula is C31H32F2N6O7. The third-order valence-corrected chi connectivity index (χ3v) is 8.28. The molecule has 2 aliphatic rings. The van der Waals surface area contributed by atoms with Crippen molar-refractivity contribution in [2.75, 3.05) is 25.5 Å². The lowest BCUT2D eigenvalue weighted by molar-refractivity contribution is -0.148. The van der Waals surface area contributed by atoms with Crippen LogP contribution in [0.5, 0.6) is 28.9 Å². The van der Waals surface area contributed by atoms with Gasteiger partial charge in [-0.1, -0.05) is 0 Å². The number of ether oxygens (including phenoxy) is 2. The number of halogens is 2. The van der Waals surface area contributed by atoms with Crippen molar-refractivity contribution in [3.8, 4) is 28.9 Å². The summed E-state index contributed by atoms with van der Waals surface area (Å²) in [7, 11) is 3.51. The van der Waals surface area contributed by atoms with Crippen LogP contribution in [-0.4, -0.2) is 75.9 Å². The number of carboxylic acids is 2. The number of hydrogen-bond acceptors (Lipinski definition) is 10. The van der Waals surface area contributed by atoms with Gasteiger partial charge in [0.05, 0.1) is 18.0 Å². The minimum atomic E-state index is -1.30. The molecule has 4 unspecified atom stereocenters. The molecule has 1 aromatic heterocycles. The minimum Gasteiger partial charge on any atom is -0.504 e. The van der Waals surface area contributed by atoms with Gasteiger partial charge in [0, 0.05) is 42.7 Å². The van der Waals surface area contributed by atoms with Crippen molar-refractivity contribution in [2.45, 2.75) is 31.5 Å². The number of nitrogen functional groups attached to an aromatic ring is 1. The van der Waals surface area contributed by atoms with Gasteiger partial charge >= 0.3 is 11.9 Å².